The van der Waals surface area contributed by atoms with Crippen molar-refractivity contribution in [1.82, 2.24) is 4.89 Å². The number of sulfonamides is 1. The van der Waals surface area contributed by atoms with Crippen LogP contribution in [0.3, 0.4) is 0 Å². The topological polar surface area (TPSA) is 151 Å². The minimum atomic E-state index is -4.57. The zero-order chi connectivity index (χ0) is 22.5. The van der Waals surface area contributed by atoms with Gasteiger partial charge in [0.2, 0.25) is 6.10 Å². The van der Waals surface area contributed by atoms with Crippen LogP contribution in [0.25, 0.3) is 0 Å². The van der Waals surface area contributed by atoms with Gasteiger partial charge in [-0.1, -0.05) is 12.1 Å². The Kier molecular flexibility index (Phi) is 8.15. The van der Waals surface area contributed by atoms with Crippen molar-refractivity contribution < 1.29 is 45.5 Å². The highest BCUT2D eigenvalue weighted by Crippen LogP contribution is 2.20. The van der Waals surface area contributed by atoms with Crippen LogP contribution in [0.5, 0.6) is 0 Å². The van der Waals surface area contributed by atoms with Crippen LogP contribution < -0.4 is 4.89 Å². The Balaban J connectivity index is 2.89. The summed E-state index contributed by atoms with van der Waals surface area (Å²) in [5.41, 5.74) is -0.868. The predicted octanol–water partition coefficient (Wildman–Crippen LogP) is 0.793. The first-order chi connectivity index (χ1) is 13.2. The van der Waals surface area contributed by atoms with Gasteiger partial charge in [-0.25, -0.2) is 26.4 Å². The summed E-state index contributed by atoms with van der Waals surface area (Å²) in [6.45, 7) is 4.43. The molecule has 1 atom stereocenters. The highest BCUT2D eigenvalue weighted by Gasteiger charge is 2.31. The molecule has 0 aromatic heterocycles. The monoisotopic (exact) mass is 453 g/mol. The van der Waals surface area contributed by atoms with Crippen molar-refractivity contribution in [3.05, 3.63) is 24.3 Å². The molecular formula is C16H23NO10S2. The summed E-state index contributed by atoms with van der Waals surface area (Å²) in [7, 11) is -7.20. The first kappa shape index (κ1) is 24.8. The summed E-state index contributed by atoms with van der Waals surface area (Å²) in [6, 6.07) is 4.72. The van der Waals surface area contributed by atoms with E-state index in [2.05, 4.69) is 4.84 Å². The number of benzene rings is 1. The highest BCUT2D eigenvalue weighted by molar-refractivity contribution is 7.93. The van der Waals surface area contributed by atoms with Crippen LogP contribution in [-0.2, 0) is 43.7 Å². The molecule has 0 saturated heterocycles. The van der Waals surface area contributed by atoms with Gasteiger partial charge in [-0.15, -0.1) is 0 Å². The van der Waals surface area contributed by atoms with Crippen molar-refractivity contribution in [1.29, 1.82) is 0 Å². The first-order valence-electron chi connectivity index (χ1n) is 8.07. The lowest BCUT2D eigenvalue weighted by molar-refractivity contribution is -0.169. The normalized spacial score (nSPS) is 13.4. The third-order valence-electron chi connectivity index (χ3n) is 3.00. The largest absolute Gasteiger partial charge is 0.529 e. The van der Waals surface area contributed by atoms with Crippen molar-refractivity contribution in [2.24, 2.45) is 0 Å². The van der Waals surface area contributed by atoms with Crippen LogP contribution in [0.4, 0.5) is 4.79 Å². The molecule has 1 rings (SSSR count). The van der Waals surface area contributed by atoms with E-state index >= 15 is 0 Å². The van der Waals surface area contributed by atoms with E-state index in [9.17, 15) is 26.4 Å². The molecule has 0 aliphatic carbocycles. The van der Waals surface area contributed by atoms with Crippen LogP contribution in [-0.4, -0.2) is 60.6 Å². The predicted molar refractivity (Wildman–Crippen MR) is 98.9 cm³/mol. The second-order valence-corrected chi connectivity index (χ2v) is 10.4. The second kappa shape index (κ2) is 9.52. The molecule has 13 heteroatoms. The fourth-order valence-corrected chi connectivity index (χ4v) is 4.32. The minimum absolute atomic E-state index is 0.367. The maximum atomic E-state index is 12.3. The Morgan fingerprint density at radius 3 is 2.10 bits per heavy atom. The summed E-state index contributed by atoms with van der Waals surface area (Å²) in [6.07, 6.45) is -2.26. The maximum Gasteiger partial charge on any atom is 0.529 e. The minimum Gasteiger partial charge on any atom is -0.457 e. The van der Waals surface area contributed by atoms with E-state index in [0.717, 1.165) is 18.4 Å². The third kappa shape index (κ3) is 7.97. The molecule has 0 aliphatic heterocycles. The van der Waals surface area contributed by atoms with Crippen molar-refractivity contribution in [3.63, 3.8) is 0 Å². The number of carbonyl (C=O) groups excluding carboxylic acids is 2. The van der Waals surface area contributed by atoms with Crippen molar-refractivity contribution in [3.8, 4) is 0 Å². The van der Waals surface area contributed by atoms with E-state index in [4.69, 9.17) is 14.2 Å². The van der Waals surface area contributed by atoms with Crippen molar-refractivity contribution in [2.75, 3.05) is 20.0 Å². The van der Waals surface area contributed by atoms with Crippen molar-refractivity contribution >= 4 is 32.0 Å². The Morgan fingerprint density at radius 2 is 1.62 bits per heavy atom. The number of hydrogen-bond acceptors (Lipinski definition) is 10. The van der Waals surface area contributed by atoms with Crippen LogP contribution in [0, 0.1) is 0 Å². The highest BCUT2D eigenvalue weighted by atomic mass is 32.2. The number of rotatable bonds is 8. The molecule has 0 bridgehead atoms. The van der Waals surface area contributed by atoms with E-state index in [0.29, 0.717) is 0 Å². The van der Waals surface area contributed by atoms with Gasteiger partial charge in [0.15, 0.2) is 9.84 Å². The van der Waals surface area contributed by atoms with Gasteiger partial charge in [0.1, 0.15) is 10.5 Å². The number of methoxy groups -OCH3 is 1. The number of hydrogen-bond donors (Lipinski definition) is 1. The molecule has 11 nitrogen and oxygen atoms in total. The lowest BCUT2D eigenvalue weighted by atomic mass is 10.2. The van der Waals surface area contributed by atoms with Gasteiger partial charge in [-0.3, -0.25) is 0 Å². The van der Waals surface area contributed by atoms with E-state index in [1.165, 1.54) is 24.1 Å². The van der Waals surface area contributed by atoms with Crippen LogP contribution in [0.15, 0.2) is 34.1 Å². The fraction of sp³-hybridized carbons (Fsp3) is 0.500. The SMILES string of the molecule is COCC(OC(=O)ONS(=O)(=O)c1ccccc1S(C)(=O)=O)C(=O)OC(C)(C)C. The van der Waals surface area contributed by atoms with Gasteiger partial charge >= 0.3 is 12.1 Å². The Hall–Kier alpha value is -2.22. The molecule has 29 heavy (non-hydrogen) atoms. The number of ether oxygens (including phenoxy) is 3. The Bertz CT molecular complexity index is 948. The molecular weight excluding hydrogens is 430 g/mol. The van der Waals surface area contributed by atoms with Gasteiger partial charge in [0.05, 0.1) is 11.5 Å². The smallest absolute Gasteiger partial charge is 0.457 e. The lowest BCUT2D eigenvalue weighted by Gasteiger charge is -2.23. The fourth-order valence-electron chi connectivity index (χ4n) is 1.92. The van der Waals surface area contributed by atoms with Crippen LogP contribution in [0.1, 0.15) is 20.8 Å². The summed E-state index contributed by atoms with van der Waals surface area (Å²) in [5, 5.41) is 0. The van der Waals surface area contributed by atoms with E-state index < -0.39 is 53.5 Å². The summed E-state index contributed by atoms with van der Waals surface area (Å²) < 4.78 is 62.7. The van der Waals surface area contributed by atoms with Crippen LogP contribution >= 0.6 is 0 Å². The molecule has 1 aromatic rings. The third-order valence-corrected chi connectivity index (χ3v) is 5.52. The first-order valence-corrected chi connectivity index (χ1v) is 11.4. The Labute approximate surface area is 169 Å². The molecule has 1 N–H and O–H groups in total. The standard InChI is InChI=1S/C16H23NO10S2/c1-16(2,3)26-14(18)11(10-24-4)25-15(19)27-17-29(22,23)13-9-7-6-8-12(13)28(5,20)21/h6-9,11,17H,10H2,1-5H3. The Morgan fingerprint density at radius 1 is 1.07 bits per heavy atom. The number of nitrogens with one attached hydrogen (secondary N) is 1. The van der Waals surface area contributed by atoms with Gasteiger partial charge in [0, 0.05) is 13.4 Å². The van der Waals surface area contributed by atoms with E-state index in [1.54, 1.807) is 20.8 Å². The van der Waals surface area contributed by atoms with Crippen LogP contribution in [0.2, 0.25) is 0 Å². The molecule has 0 aliphatic rings. The number of carbonyl (C=O) groups is 2. The average molecular weight is 453 g/mol. The maximum absolute atomic E-state index is 12.3. The number of sulfone groups is 1. The molecule has 1 aromatic carbocycles. The molecule has 1 unspecified atom stereocenters. The molecule has 0 fully saturated rings. The van der Waals surface area contributed by atoms with Gasteiger partial charge in [-0.2, -0.15) is 0 Å². The molecule has 0 heterocycles. The molecule has 164 valence electrons. The zero-order valence-corrected chi connectivity index (χ0v) is 18.1. The molecule has 0 spiro atoms. The molecule has 0 saturated carbocycles. The van der Waals surface area contributed by atoms with Gasteiger partial charge in [0.25, 0.3) is 10.0 Å². The summed E-state index contributed by atoms with van der Waals surface area (Å²) in [5.74, 6) is -0.929. The molecule has 0 amide bonds. The number of esters is 1. The zero-order valence-electron chi connectivity index (χ0n) is 16.5. The molecule has 0 radical (unpaired) electrons. The summed E-state index contributed by atoms with van der Waals surface area (Å²) >= 11 is 0. The van der Waals surface area contributed by atoms with Gasteiger partial charge in [-0.05, 0) is 37.8 Å². The summed E-state index contributed by atoms with van der Waals surface area (Å²) in [4.78, 5) is 28.5. The lowest BCUT2D eigenvalue weighted by Crippen LogP contribution is -2.39. The van der Waals surface area contributed by atoms with Gasteiger partial charge < -0.3 is 19.0 Å². The average Bonchev–Trinajstić information content (AvgIpc) is 2.57. The quantitative estimate of drug-likeness (QED) is 0.442. The second-order valence-electron chi connectivity index (χ2n) is 6.75. The van der Waals surface area contributed by atoms with E-state index in [-0.39, 0.29) is 6.61 Å². The van der Waals surface area contributed by atoms with Crippen molar-refractivity contribution in [2.45, 2.75) is 42.3 Å². The van der Waals surface area contributed by atoms with E-state index in [1.807, 2.05) is 0 Å².